The van der Waals surface area contributed by atoms with Crippen LogP contribution in [0.15, 0.2) is 29.6 Å². The lowest BCUT2D eigenvalue weighted by atomic mass is 10.3. The van der Waals surface area contributed by atoms with Crippen molar-refractivity contribution in [3.05, 3.63) is 41.3 Å². The maximum absolute atomic E-state index is 13.1. The highest BCUT2D eigenvalue weighted by Gasteiger charge is 2.09. The first kappa shape index (κ1) is 11.8. The first-order chi connectivity index (χ1) is 9.11. The number of nitrogens with one attached hydrogen (secondary N) is 1. The lowest BCUT2D eigenvalue weighted by Crippen LogP contribution is -2.00. The predicted molar refractivity (Wildman–Crippen MR) is 71.5 cm³/mol. The fraction of sp³-hybridized carbons (Fsp3) is 0. The molecule has 0 saturated carbocycles. The van der Waals surface area contributed by atoms with Gasteiger partial charge in [-0.3, -0.25) is 0 Å². The second-order valence-corrected chi connectivity index (χ2v) is 4.75. The number of aromatic nitrogens is 2. The molecule has 3 aromatic rings. The molecule has 7 heteroatoms. The summed E-state index contributed by atoms with van der Waals surface area (Å²) in [6.07, 6.45) is 0. The molecular formula is C12H8F2N4S. The van der Waals surface area contributed by atoms with Crippen LogP contribution in [-0.2, 0) is 0 Å². The van der Waals surface area contributed by atoms with E-state index in [9.17, 15) is 8.78 Å². The van der Waals surface area contributed by atoms with E-state index < -0.39 is 11.6 Å². The lowest BCUT2D eigenvalue weighted by molar-refractivity contribution is 0.584. The summed E-state index contributed by atoms with van der Waals surface area (Å²) in [6, 6.07) is 4.98. The average molecular weight is 278 g/mol. The fourth-order valence-corrected chi connectivity index (χ4v) is 2.50. The summed E-state index contributed by atoms with van der Waals surface area (Å²) in [5.41, 5.74) is 5.86. The number of halogens is 2. The molecule has 0 aliphatic rings. The van der Waals surface area contributed by atoms with Crippen LogP contribution in [0.5, 0.6) is 0 Å². The number of nitrogen functional groups attached to an aromatic ring is 1. The zero-order chi connectivity index (χ0) is 13.4. The Morgan fingerprint density at radius 3 is 2.58 bits per heavy atom. The van der Waals surface area contributed by atoms with Crippen molar-refractivity contribution in [2.45, 2.75) is 0 Å². The molecule has 0 atom stereocenters. The van der Waals surface area contributed by atoms with Crippen molar-refractivity contribution in [2.75, 3.05) is 11.1 Å². The Kier molecular flexibility index (Phi) is 2.75. The second-order valence-electron chi connectivity index (χ2n) is 3.85. The summed E-state index contributed by atoms with van der Waals surface area (Å²) < 4.78 is 26.3. The van der Waals surface area contributed by atoms with Gasteiger partial charge in [0.2, 0.25) is 5.95 Å². The Bertz CT molecular complexity index is 736. The number of fused-ring (bicyclic) bond motifs is 1. The molecule has 0 spiro atoms. The molecule has 3 N–H and O–H groups in total. The van der Waals surface area contributed by atoms with Crippen molar-refractivity contribution in [3.63, 3.8) is 0 Å². The Labute approximate surface area is 110 Å². The monoisotopic (exact) mass is 278 g/mol. The quantitative estimate of drug-likeness (QED) is 0.755. The van der Waals surface area contributed by atoms with Crippen LogP contribution in [0.2, 0.25) is 0 Å². The topological polar surface area (TPSA) is 63.8 Å². The van der Waals surface area contributed by atoms with Crippen molar-refractivity contribution in [1.29, 1.82) is 0 Å². The first-order valence-corrected chi connectivity index (χ1v) is 6.23. The molecule has 0 saturated heterocycles. The van der Waals surface area contributed by atoms with Gasteiger partial charge in [-0.05, 0) is 23.6 Å². The van der Waals surface area contributed by atoms with Crippen LogP contribution < -0.4 is 11.1 Å². The van der Waals surface area contributed by atoms with E-state index in [0.29, 0.717) is 10.6 Å². The number of thiophene rings is 1. The summed E-state index contributed by atoms with van der Waals surface area (Å²) in [4.78, 5) is 8.83. The molecule has 0 amide bonds. The fourth-order valence-electron chi connectivity index (χ4n) is 1.73. The number of nitrogens with zero attached hydrogens (tertiary/aromatic N) is 2. The predicted octanol–water partition coefficient (Wildman–Crippen LogP) is 3.30. The normalized spacial score (nSPS) is 10.8. The van der Waals surface area contributed by atoms with Crippen molar-refractivity contribution in [2.24, 2.45) is 0 Å². The molecular weight excluding hydrogens is 270 g/mol. The third kappa shape index (κ3) is 2.32. The van der Waals surface area contributed by atoms with Gasteiger partial charge in [0.25, 0.3) is 0 Å². The summed E-state index contributed by atoms with van der Waals surface area (Å²) in [5, 5.41) is 5.45. The number of rotatable bonds is 2. The Hall–Kier alpha value is -2.28. The highest BCUT2D eigenvalue weighted by atomic mass is 32.1. The van der Waals surface area contributed by atoms with Crippen molar-refractivity contribution < 1.29 is 8.78 Å². The minimum atomic E-state index is -0.661. The van der Waals surface area contributed by atoms with Crippen LogP contribution in [0.4, 0.5) is 26.2 Å². The highest BCUT2D eigenvalue weighted by Crippen LogP contribution is 2.28. The SMILES string of the molecule is Nc1nc(Nc2cc(F)cc(F)c2)c2ccsc2n1. The zero-order valence-corrected chi connectivity index (χ0v) is 10.3. The van der Waals surface area contributed by atoms with Gasteiger partial charge >= 0.3 is 0 Å². The van der Waals surface area contributed by atoms with Gasteiger partial charge in [-0.25, -0.2) is 13.8 Å². The first-order valence-electron chi connectivity index (χ1n) is 5.35. The largest absolute Gasteiger partial charge is 0.368 e. The molecule has 0 aliphatic carbocycles. The standard InChI is InChI=1S/C12H8F2N4S/c13-6-3-7(14)5-8(4-6)16-10-9-1-2-19-11(9)18-12(15)17-10/h1-5H,(H3,15,16,17,18). The molecule has 0 aliphatic heterocycles. The van der Waals surface area contributed by atoms with Gasteiger partial charge < -0.3 is 11.1 Å². The van der Waals surface area contributed by atoms with Gasteiger partial charge in [0.1, 0.15) is 22.3 Å². The van der Waals surface area contributed by atoms with E-state index >= 15 is 0 Å². The molecule has 1 aromatic carbocycles. The minimum Gasteiger partial charge on any atom is -0.368 e. The third-order valence-electron chi connectivity index (χ3n) is 2.47. The van der Waals surface area contributed by atoms with Crippen molar-refractivity contribution >= 4 is 39.0 Å². The summed E-state index contributed by atoms with van der Waals surface area (Å²) in [6.45, 7) is 0. The molecule has 0 bridgehead atoms. The van der Waals surface area contributed by atoms with Gasteiger partial charge in [0.05, 0.1) is 5.39 Å². The van der Waals surface area contributed by atoms with E-state index in [1.54, 1.807) is 0 Å². The smallest absolute Gasteiger partial charge is 0.223 e. The van der Waals surface area contributed by atoms with E-state index in [0.717, 1.165) is 11.5 Å². The van der Waals surface area contributed by atoms with Crippen LogP contribution in [0.1, 0.15) is 0 Å². The van der Waals surface area contributed by atoms with Gasteiger partial charge in [-0.2, -0.15) is 4.98 Å². The minimum absolute atomic E-state index is 0.106. The van der Waals surface area contributed by atoms with Crippen LogP contribution in [0.25, 0.3) is 10.2 Å². The molecule has 0 radical (unpaired) electrons. The molecule has 2 aromatic heterocycles. The molecule has 19 heavy (non-hydrogen) atoms. The van der Waals surface area contributed by atoms with E-state index in [1.165, 1.54) is 23.5 Å². The molecule has 0 unspecified atom stereocenters. The maximum Gasteiger partial charge on any atom is 0.223 e. The lowest BCUT2D eigenvalue weighted by Gasteiger charge is -2.07. The molecule has 2 heterocycles. The summed E-state index contributed by atoms with van der Waals surface area (Å²) in [5.74, 6) is -0.791. The van der Waals surface area contributed by atoms with Gasteiger partial charge in [0, 0.05) is 11.8 Å². The molecule has 3 rings (SSSR count). The van der Waals surface area contributed by atoms with E-state index in [2.05, 4.69) is 15.3 Å². The Morgan fingerprint density at radius 2 is 1.84 bits per heavy atom. The number of hydrogen-bond acceptors (Lipinski definition) is 5. The van der Waals surface area contributed by atoms with E-state index in [4.69, 9.17) is 5.73 Å². The van der Waals surface area contributed by atoms with E-state index in [1.807, 2.05) is 11.4 Å². The van der Waals surface area contributed by atoms with Gasteiger partial charge in [0.15, 0.2) is 0 Å². The van der Waals surface area contributed by atoms with Crippen LogP contribution >= 0.6 is 11.3 Å². The van der Waals surface area contributed by atoms with Crippen molar-refractivity contribution in [3.8, 4) is 0 Å². The Balaban J connectivity index is 2.07. The number of nitrogens with two attached hydrogens (primary N) is 1. The summed E-state index contributed by atoms with van der Waals surface area (Å²) >= 11 is 1.41. The molecule has 96 valence electrons. The van der Waals surface area contributed by atoms with Gasteiger partial charge in [-0.15, -0.1) is 11.3 Å². The van der Waals surface area contributed by atoms with Crippen molar-refractivity contribution in [1.82, 2.24) is 9.97 Å². The van der Waals surface area contributed by atoms with Crippen LogP contribution in [0.3, 0.4) is 0 Å². The zero-order valence-electron chi connectivity index (χ0n) is 9.52. The Morgan fingerprint density at radius 1 is 1.11 bits per heavy atom. The third-order valence-corrected chi connectivity index (χ3v) is 3.27. The second kappa shape index (κ2) is 4.43. The molecule has 0 fully saturated rings. The van der Waals surface area contributed by atoms with Crippen LogP contribution in [-0.4, -0.2) is 9.97 Å². The number of benzene rings is 1. The van der Waals surface area contributed by atoms with E-state index in [-0.39, 0.29) is 11.6 Å². The van der Waals surface area contributed by atoms with Gasteiger partial charge in [-0.1, -0.05) is 0 Å². The highest BCUT2D eigenvalue weighted by molar-refractivity contribution is 7.16. The number of anilines is 3. The summed E-state index contributed by atoms with van der Waals surface area (Å²) in [7, 11) is 0. The van der Waals surface area contributed by atoms with Crippen LogP contribution in [0, 0.1) is 11.6 Å². The number of hydrogen-bond donors (Lipinski definition) is 2. The average Bonchev–Trinajstić information content (AvgIpc) is 2.75. The molecule has 4 nitrogen and oxygen atoms in total. The maximum atomic E-state index is 13.1.